The topological polar surface area (TPSA) is 40.5 Å². The lowest BCUT2D eigenvalue weighted by atomic mass is 10.1. The van der Waals surface area contributed by atoms with Crippen LogP contribution in [0.5, 0.6) is 0 Å². The summed E-state index contributed by atoms with van der Waals surface area (Å²) in [7, 11) is 2.00. The zero-order chi connectivity index (χ0) is 13.7. The summed E-state index contributed by atoms with van der Waals surface area (Å²) in [5.74, 6) is -0.939. The van der Waals surface area contributed by atoms with Crippen LogP contribution in [0.4, 0.5) is 11.4 Å². The molecule has 0 saturated carbocycles. The number of carboxylic acids is 1. The minimum Gasteiger partial charge on any atom is -0.478 e. The molecule has 3 nitrogen and oxygen atoms in total. The van der Waals surface area contributed by atoms with Crippen LogP contribution in [0.3, 0.4) is 0 Å². The Balaban J connectivity index is 2.16. The first-order chi connectivity index (χ1) is 9.16. The van der Waals surface area contributed by atoms with Crippen molar-refractivity contribution >= 4 is 23.4 Å². The number of benzene rings is 2. The van der Waals surface area contributed by atoms with E-state index in [1.807, 2.05) is 61.6 Å². The molecule has 0 bridgehead atoms. The van der Waals surface area contributed by atoms with Gasteiger partial charge in [0.05, 0.1) is 0 Å². The molecule has 2 aromatic carbocycles. The zero-order valence-electron chi connectivity index (χ0n) is 10.7. The molecule has 2 rings (SSSR count). The first-order valence-electron chi connectivity index (χ1n) is 5.96. The summed E-state index contributed by atoms with van der Waals surface area (Å²) in [4.78, 5) is 12.5. The summed E-state index contributed by atoms with van der Waals surface area (Å²) in [6.45, 7) is 0. The average Bonchev–Trinajstić information content (AvgIpc) is 2.46. The molecule has 0 radical (unpaired) electrons. The van der Waals surface area contributed by atoms with Crippen LogP contribution in [-0.4, -0.2) is 18.1 Å². The first kappa shape index (κ1) is 12.9. The van der Waals surface area contributed by atoms with Gasteiger partial charge in [-0.3, -0.25) is 0 Å². The van der Waals surface area contributed by atoms with Crippen molar-refractivity contribution in [1.82, 2.24) is 0 Å². The van der Waals surface area contributed by atoms with E-state index in [-0.39, 0.29) is 0 Å². The molecule has 0 spiro atoms. The molecule has 0 aliphatic heterocycles. The second kappa shape index (κ2) is 5.87. The summed E-state index contributed by atoms with van der Waals surface area (Å²) < 4.78 is 0. The van der Waals surface area contributed by atoms with Gasteiger partial charge in [0.1, 0.15) is 0 Å². The molecule has 0 amide bonds. The Hall–Kier alpha value is -2.55. The molecule has 3 heteroatoms. The molecule has 0 aliphatic carbocycles. The SMILES string of the molecule is CN(c1ccccc1)c1ccc(C=CC(=O)O)cc1. The number of carbonyl (C=O) groups is 1. The van der Waals surface area contributed by atoms with Crippen molar-refractivity contribution in [2.75, 3.05) is 11.9 Å². The molecule has 0 aromatic heterocycles. The lowest BCUT2D eigenvalue weighted by molar-refractivity contribution is -0.131. The van der Waals surface area contributed by atoms with E-state index in [9.17, 15) is 4.79 Å². The van der Waals surface area contributed by atoms with Gasteiger partial charge in [-0.1, -0.05) is 30.3 Å². The largest absolute Gasteiger partial charge is 0.478 e. The minimum atomic E-state index is -0.939. The van der Waals surface area contributed by atoms with Gasteiger partial charge in [0, 0.05) is 24.5 Å². The molecule has 0 saturated heterocycles. The third-order valence-corrected chi connectivity index (χ3v) is 2.84. The molecule has 1 N–H and O–H groups in total. The van der Waals surface area contributed by atoms with E-state index in [1.165, 1.54) is 0 Å². The number of hydrogen-bond donors (Lipinski definition) is 1. The van der Waals surface area contributed by atoms with Crippen LogP contribution in [0.25, 0.3) is 6.08 Å². The van der Waals surface area contributed by atoms with Gasteiger partial charge in [0.2, 0.25) is 0 Å². The van der Waals surface area contributed by atoms with Crippen LogP contribution in [0.1, 0.15) is 5.56 Å². The average molecular weight is 253 g/mol. The number of rotatable bonds is 4. The fourth-order valence-electron chi connectivity index (χ4n) is 1.78. The Kier molecular flexibility index (Phi) is 3.98. The van der Waals surface area contributed by atoms with Crippen LogP contribution >= 0.6 is 0 Å². The van der Waals surface area contributed by atoms with Gasteiger partial charge in [-0.25, -0.2) is 4.79 Å². The molecule has 0 aliphatic rings. The highest BCUT2D eigenvalue weighted by atomic mass is 16.4. The quantitative estimate of drug-likeness (QED) is 0.847. The highest BCUT2D eigenvalue weighted by Gasteiger charge is 2.02. The van der Waals surface area contributed by atoms with Crippen LogP contribution < -0.4 is 4.90 Å². The summed E-state index contributed by atoms with van der Waals surface area (Å²) in [6.07, 6.45) is 2.71. The molecule has 0 unspecified atom stereocenters. The number of aliphatic carboxylic acids is 1. The summed E-state index contributed by atoms with van der Waals surface area (Å²) in [5, 5.41) is 8.57. The number of anilines is 2. The highest BCUT2D eigenvalue weighted by molar-refractivity contribution is 5.85. The summed E-state index contributed by atoms with van der Waals surface area (Å²) >= 11 is 0. The second-order valence-electron chi connectivity index (χ2n) is 4.16. The molecule has 2 aromatic rings. The highest BCUT2D eigenvalue weighted by Crippen LogP contribution is 2.23. The Bertz CT molecular complexity index is 573. The first-order valence-corrected chi connectivity index (χ1v) is 5.96. The van der Waals surface area contributed by atoms with Crippen LogP contribution in [0.2, 0.25) is 0 Å². The predicted molar refractivity (Wildman–Crippen MR) is 77.6 cm³/mol. The van der Waals surface area contributed by atoms with E-state index in [0.717, 1.165) is 23.0 Å². The molecular formula is C16H15NO2. The third-order valence-electron chi connectivity index (χ3n) is 2.84. The molecule has 0 heterocycles. The maximum atomic E-state index is 10.4. The maximum absolute atomic E-state index is 10.4. The van der Waals surface area contributed by atoms with Crippen LogP contribution in [0, 0.1) is 0 Å². The third kappa shape index (κ3) is 3.45. The second-order valence-corrected chi connectivity index (χ2v) is 4.16. The minimum absolute atomic E-state index is 0.868. The standard InChI is InChI=1S/C16H15NO2/c1-17(14-5-3-2-4-6-14)15-10-7-13(8-11-15)9-12-16(18)19/h2-12H,1H3,(H,18,19). The van der Waals surface area contributed by atoms with E-state index in [0.29, 0.717) is 0 Å². The van der Waals surface area contributed by atoms with Crippen molar-refractivity contribution < 1.29 is 9.90 Å². The molecular weight excluding hydrogens is 238 g/mol. The lowest BCUT2D eigenvalue weighted by Gasteiger charge is -2.19. The van der Waals surface area contributed by atoms with E-state index in [1.54, 1.807) is 6.08 Å². The van der Waals surface area contributed by atoms with Crippen LogP contribution in [0.15, 0.2) is 60.7 Å². The predicted octanol–water partition coefficient (Wildman–Crippen LogP) is 3.55. The van der Waals surface area contributed by atoms with Crippen molar-refractivity contribution in [2.45, 2.75) is 0 Å². The van der Waals surface area contributed by atoms with Crippen LogP contribution in [-0.2, 0) is 4.79 Å². The van der Waals surface area contributed by atoms with Gasteiger partial charge in [-0.15, -0.1) is 0 Å². The van der Waals surface area contributed by atoms with Crippen molar-refractivity contribution in [3.63, 3.8) is 0 Å². The Morgan fingerprint density at radius 1 is 1.00 bits per heavy atom. The summed E-state index contributed by atoms with van der Waals surface area (Å²) in [5.41, 5.74) is 3.03. The van der Waals surface area contributed by atoms with E-state index in [4.69, 9.17) is 5.11 Å². The van der Waals surface area contributed by atoms with E-state index >= 15 is 0 Å². The molecule has 96 valence electrons. The Labute approximate surface area is 112 Å². The smallest absolute Gasteiger partial charge is 0.328 e. The van der Waals surface area contributed by atoms with Gasteiger partial charge < -0.3 is 10.0 Å². The Morgan fingerprint density at radius 2 is 1.58 bits per heavy atom. The zero-order valence-corrected chi connectivity index (χ0v) is 10.7. The van der Waals surface area contributed by atoms with Crippen molar-refractivity contribution in [2.24, 2.45) is 0 Å². The van der Waals surface area contributed by atoms with Crippen molar-refractivity contribution in [1.29, 1.82) is 0 Å². The number of carboxylic acid groups (broad SMARTS) is 1. The van der Waals surface area contributed by atoms with Gasteiger partial charge in [-0.05, 0) is 35.9 Å². The number of hydrogen-bond acceptors (Lipinski definition) is 2. The van der Waals surface area contributed by atoms with Gasteiger partial charge in [0.15, 0.2) is 0 Å². The van der Waals surface area contributed by atoms with Crippen molar-refractivity contribution in [3.8, 4) is 0 Å². The van der Waals surface area contributed by atoms with E-state index in [2.05, 4.69) is 4.90 Å². The lowest BCUT2D eigenvalue weighted by Crippen LogP contribution is -2.08. The van der Waals surface area contributed by atoms with Gasteiger partial charge in [-0.2, -0.15) is 0 Å². The monoisotopic (exact) mass is 253 g/mol. The fraction of sp³-hybridized carbons (Fsp3) is 0.0625. The molecule has 0 atom stereocenters. The molecule has 19 heavy (non-hydrogen) atoms. The normalized spacial score (nSPS) is 10.6. The fourth-order valence-corrected chi connectivity index (χ4v) is 1.78. The van der Waals surface area contributed by atoms with E-state index < -0.39 is 5.97 Å². The maximum Gasteiger partial charge on any atom is 0.328 e. The molecule has 0 fully saturated rings. The Morgan fingerprint density at radius 3 is 2.16 bits per heavy atom. The number of para-hydroxylation sites is 1. The van der Waals surface area contributed by atoms with Gasteiger partial charge in [0.25, 0.3) is 0 Å². The summed E-state index contributed by atoms with van der Waals surface area (Å²) in [6, 6.07) is 17.8. The van der Waals surface area contributed by atoms with Gasteiger partial charge >= 0.3 is 5.97 Å². The van der Waals surface area contributed by atoms with Crippen molar-refractivity contribution in [3.05, 3.63) is 66.2 Å². The number of nitrogens with zero attached hydrogens (tertiary/aromatic N) is 1.